The van der Waals surface area contributed by atoms with E-state index >= 15 is 0 Å². The van der Waals surface area contributed by atoms with Crippen LogP contribution in [0.2, 0.25) is 0 Å². The zero-order valence-corrected chi connectivity index (χ0v) is 23.8. The molecule has 2 fully saturated rings. The molecule has 0 amide bonds. The van der Waals surface area contributed by atoms with Crippen LogP contribution in [0.15, 0.2) is 33.9 Å². The lowest BCUT2D eigenvalue weighted by Gasteiger charge is -2.46. The topological polar surface area (TPSA) is 153 Å². The number of carboxylic acids is 2. The average molecular weight is 573 g/mol. The van der Waals surface area contributed by atoms with E-state index < -0.39 is 17.6 Å². The van der Waals surface area contributed by atoms with Gasteiger partial charge in [-0.1, -0.05) is 24.3 Å². The van der Waals surface area contributed by atoms with Gasteiger partial charge in [-0.3, -0.25) is 9.47 Å². The van der Waals surface area contributed by atoms with Crippen molar-refractivity contribution in [1.82, 2.24) is 19.0 Å². The number of nitrogens with zero attached hydrogens (tertiary/aromatic N) is 4. The SMILES string of the molecule is COCC1(OCc2ccccc2C)CC2CCC(C1)N2CCCn1c(=O)nc2n(c1=O)CCCC2.O=C(O)C(=O)O. The molecule has 0 radical (unpaired) electrons. The first-order valence-corrected chi connectivity index (χ1v) is 14.2. The van der Waals surface area contributed by atoms with E-state index in [-0.39, 0.29) is 11.3 Å². The third kappa shape index (κ3) is 7.30. The molecule has 224 valence electrons. The Kier molecular flexibility index (Phi) is 10.1. The summed E-state index contributed by atoms with van der Waals surface area (Å²) in [6.45, 7) is 5.31. The minimum Gasteiger partial charge on any atom is -0.473 e. The second-order valence-electron chi connectivity index (χ2n) is 11.2. The van der Waals surface area contributed by atoms with Crippen LogP contribution in [0.25, 0.3) is 0 Å². The Labute approximate surface area is 238 Å². The van der Waals surface area contributed by atoms with E-state index in [1.54, 1.807) is 11.7 Å². The van der Waals surface area contributed by atoms with Crippen molar-refractivity contribution >= 4 is 11.9 Å². The predicted molar refractivity (Wildman–Crippen MR) is 149 cm³/mol. The van der Waals surface area contributed by atoms with Gasteiger partial charge in [-0.15, -0.1) is 0 Å². The molecule has 1 aromatic heterocycles. The molecule has 12 nitrogen and oxygen atoms in total. The van der Waals surface area contributed by atoms with Crippen molar-refractivity contribution in [3.8, 4) is 0 Å². The molecule has 3 aliphatic heterocycles. The number of methoxy groups -OCH3 is 1. The number of aryl methyl sites for hydroxylation is 2. The first-order chi connectivity index (χ1) is 19.6. The van der Waals surface area contributed by atoms with Gasteiger partial charge in [-0.05, 0) is 63.0 Å². The van der Waals surface area contributed by atoms with Gasteiger partial charge >= 0.3 is 23.3 Å². The van der Waals surface area contributed by atoms with Crippen LogP contribution in [0.4, 0.5) is 0 Å². The lowest BCUT2D eigenvalue weighted by molar-refractivity contribution is -0.159. The number of carbonyl (C=O) groups is 2. The van der Waals surface area contributed by atoms with E-state index in [9.17, 15) is 9.59 Å². The molecule has 2 bridgehead atoms. The van der Waals surface area contributed by atoms with Crippen LogP contribution in [0, 0.1) is 6.92 Å². The Balaban J connectivity index is 0.000000585. The van der Waals surface area contributed by atoms with Gasteiger partial charge in [0.05, 0.1) is 18.8 Å². The third-order valence-electron chi connectivity index (χ3n) is 8.43. The largest absolute Gasteiger partial charge is 0.473 e. The summed E-state index contributed by atoms with van der Waals surface area (Å²) in [5, 5.41) is 14.8. The molecular weight excluding hydrogens is 532 g/mol. The molecule has 0 spiro atoms. The number of carboxylic acid groups (broad SMARTS) is 2. The second-order valence-corrected chi connectivity index (χ2v) is 11.2. The summed E-state index contributed by atoms with van der Waals surface area (Å²) >= 11 is 0. The maximum absolute atomic E-state index is 12.9. The normalized spacial score (nSPS) is 23.4. The van der Waals surface area contributed by atoms with Crippen molar-refractivity contribution in [2.45, 2.75) is 95.7 Å². The van der Waals surface area contributed by atoms with Gasteiger partial charge in [0.1, 0.15) is 5.82 Å². The van der Waals surface area contributed by atoms with Gasteiger partial charge in [-0.25, -0.2) is 23.7 Å². The fraction of sp³-hybridized carbons (Fsp3) is 0.621. The maximum atomic E-state index is 12.9. The number of aromatic nitrogens is 3. The summed E-state index contributed by atoms with van der Waals surface area (Å²) in [4.78, 5) is 50.4. The highest BCUT2D eigenvalue weighted by Crippen LogP contribution is 2.43. The molecule has 41 heavy (non-hydrogen) atoms. The zero-order valence-electron chi connectivity index (χ0n) is 23.8. The Morgan fingerprint density at radius 2 is 1.73 bits per heavy atom. The molecule has 4 heterocycles. The number of hydrogen-bond acceptors (Lipinski definition) is 8. The van der Waals surface area contributed by atoms with Gasteiger partial charge in [0.25, 0.3) is 0 Å². The van der Waals surface area contributed by atoms with Gasteiger partial charge in [0, 0.05) is 45.2 Å². The molecule has 0 aliphatic carbocycles. The molecule has 2 unspecified atom stereocenters. The first-order valence-electron chi connectivity index (χ1n) is 14.2. The van der Waals surface area contributed by atoms with Crippen LogP contribution in [-0.4, -0.2) is 79.1 Å². The quantitative estimate of drug-likeness (QED) is 0.426. The summed E-state index contributed by atoms with van der Waals surface area (Å²) in [6, 6.07) is 9.28. The van der Waals surface area contributed by atoms with Crippen molar-refractivity contribution in [3.05, 3.63) is 62.2 Å². The first kappa shape index (κ1) is 30.6. The number of benzene rings is 1. The number of aliphatic carboxylic acids is 2. The Morgan fingerprint density at radius 3 is 2.37 bits per heavy atom. The molecule has 2 N–H and O–H groups in total. The zero-order chi connectivity index (χ0) is 29.6. The van der Waals surface area contributed by atoms with Gasteiger partial charge in [0.2, 0.25) is 0 Å². The molecule has 2 saturated heterocycles. The van der Waals surface area contributed by atoms with Crippen LogP contribution in [0.5, 0.6) is 0 Å². The average Bonchev–Trinajstić information content (AvgIpc) is 3.19. The van der Waals surface area contributed by atoms with E-state index in [2.05, 4.69) is 41.1 Å². The highest BCUT2D eigenvalue weighted by Gasteiger charge is 2.49. The fourth-order valence-corrected chi connectivity index (χ4v) is 6.44. The second kappa shape index (κ2) is 13.5. The molecular formula is C29H40N4O8. The van der Waals surface area contributed by atoms with Crippen molar-refractivity contribution in [3.63, 3.8) is 0 Å². The standard InChI is InChI=1S/C27H38N4O4.C2H2O4/c1-20-8-3-4-9-21(20)18-35-27(19-34-2)16-22-11-12-23(17-27)29(22)14-7-15-31-25(32)28-24-10-5-6-13-30(24)26(31)33;3-1(4)2(5)6/h3-4,8-9,22-23H,5-7,10-19H2,1-2H3;(H,3,4)(H,5,6). The van der Waals surface area contributed by atoms with E-state index in [1.807, 2.05) is 0 Å². The van der Waals surface area contributed by atoms with Crippen molar-refractivity contribution < 1.29 is 29.3 Å². The summed E-state index contributed by atoms with van der Waals surface area (Å²) in [7, 11) is 1.76. The van der Waals surface area contributed by atoms with Crippen molar-refractivity contribution in [2.75, 3.05) is 20.3 Å². The molecule has 12 heteroatoms. The number of ether oxygens (including phenoxy) is 2. The fourth-order valence-electron chi connectivity index (χ4n) is 6.44. The Hall–Kier alpha value is -3.35. The summed E-state index contributed by atoms with van der Waals surface area (Å²) in [5.74, 6) is -3.00. The molecule has 1 aromatic carbocycles. The highest BCUT2D eigenvalue weighted by molar-refractivity contribution is 6.27. The minimum atomic E-state index is -1.82. The monoisotopic (exact) mass is 572 g/mol. The number of fused-ring (bicyclic) bond motifs is 3. The molecule has 0 saturated carbocycles. The molecule has 2 atom stereocenters. The molecule has 3 aliphatic rings. The maximum Gasteiger partial charge on any atom is 0.414 e. The Morgan fingerprint density at radius 1 is 1.05 bits per heavy atom. The number of rotatable bonds is 9. The number of piperidine rings is 1. The van der Waals surface area contributed by atoms with Gasteiger partial charge in [-0.2, -0.15) is 4.98 Å². The van der Waals surface area contributed by atoms with Crippen molar-refractivity contribution in [2.24, 2.45) is 0 Å². The minimum absolute atomic E-state index is 0.190. The van der Waals surface area contributed by atoms with Crippen LogP contribution < -0.4 is 11.4 Å². The third-order valence-corrected chi connectivity index (χ3v) is 8.43. The summed E-state index contributed by atoms with van der Waals surface area (Å²) in [5.41, 5.74) is 1.63. The smallest absolute Gasteiger partial charge is 0.414 e. The van der Waals surface area contributed by atoms with E-state index in [0.717, 1.165) is 57.9 Å². The van der Waals surface area contributed by atoms with E-state index in [4.69, 9.17) is 29.3 Å². The van der Waals surface area contributed by atoms with Crippen molar-refractivity contribution in [1.29, 1.82) is 0 Å². The van der Waals surface area contributed by atoms with Gasteiger partial charge < -0.3 is 19.7 Å². The molecule has 5 rings (SSSR count). The van der Waals surface area contributed by atoms with Crippen LogP contribution >= 0.6 is 0 Å². The summed E-state index contributed by atoms with van der Waals surface area (Å²) in [6.07, 6.45) is 7.67. The Bertz CT molecular complexity index is 1330. The van der Waals surface area contributed by atoms with Gasteiger partial charge in [0.15, 0.2) is 0 Å². The highest BCUT2D eigenvalue weighted by atomic mass is 16.5. The predicted octanol–water partition coefficient (Wildman–Crippen LogP) is 1.82. The number of hydrogen-bond donors (Lipinski definition) is 2. The van der Waals surface area contributed by atoms with Crippen LogP contribution in [-0.2, 0) is 45.2 Å². The van der Waals surface area contributed by atoms with E-state index in [1.165, 1.54) is 15.7 Å². The van der Waals surface area contributed by atoms with E-state index in [0.29, 0.717) is 44.2 Å². The summed E-state index contributed by atoms with van der Waals surface area (Å²) < 4.78 is 15.3. The molecule has 2 aromatic rings. The van der Waals surface area contributed by atoms with Crippen LogP contribution in [0.3, 0.4) is 0 Å². The van der Waals surface area contributed by atoms with Crippen LogP contribution in [0.1, 0.15) is 61.9 Å². The lowest BCUT2D eigenvalue weighted by atomic mass is 9.86. The lowest BCUT2D eigenvalue weighted by Crippen LogP contribution is -2.54.